The highest BCUT2D eigenvalue weighted by molar-refractivity contribution is 6.06. The van der Waals surface area contributed by atoms with E-state index in [-0.39, 0.29) is 18.1 Å². The average molecular weight is 528 g/mol. The summed E-state index contributed by atoms with van der Waals surface area (Å²) in [7, 11) is 0. The van der Waals surface area contributed by atoms with Crippen molar-refractivity contribution in [3.63, 3.8) is 0 Å². The van der Waals surface area contributed by atoms with Crippen LogP contribution in [0.25, 0.3) is 0 Å². The number of carbonyl (C=O) groups is 2. The zero-order chi connectivity index (χ0) is 27.0. The van der Waals surface area contributed by atoms with E-state index in [4.69, 9.17) is 4.74 Å². The molecule has 1 aromatic heterocycles. The fraction of sp³-hybridized carbons (Fsp3) is 0.269. The smallest absolute Gasteiger partial charge is 0.457 e. The van der Waals surface area contributed by atoms with Crippen molar-refractivity contribution in [3.05, 3.63) is 65.9 Å². The number of nitrogens with one attached hydrogen (secondary N) is 1. The molecule has 1 unspecified atom stereocenters. The standard InChI is InChI=1S/C26H23F3N4O5/c1-2-15-12-17(6-8-20(15)37-21-10-11-30-24-19(21)7-9-22(34)31-24)33-23(35)14-32(25(33)36)16-4-3-5-18(13-16)38-26(27,28)29/h3-6,8,10-13,23,35H,2,7,9,14H2,1H3,(H,30,31,34). The molecule has 1 saturated heterocycles. The number of urea groups is 1. The molecule has 0 radical (unpaired) electrons. The molecule has 198 valence electrons. The monoisotopic (exact) mass is 528 g/mol. The van der Waals surface area contributed by atoms with Gasteiger partial charge in [-0.05, 0) is 54.8 Å². The van der Waals surface area contributed by atoms with Crippen LogP contribution in [-0.4, -0.2) is 41.2 Å². The minimum absolute atomic E-state index is 0.108. The summed E-state index contributed by atoms with van der Waals surface area (Å²) in [5.41, 5.74) is 2.10. The molecule has 3 aromatic rings. The van der Waals surface area contributed by atoms with Crippen molar-refractivity contribution in [2.24, 2.45) is 0 Å². The van der Waals surface area contributed by atoms with Crippen LogP contribution in [0.15, 0.2) is 54.7 Å². The number of aliphatic hydroxyl groups excluding tert-OH is 1. The van der Waals surface area contributed by atoms with Crippen molar-refractivity contribution in [1.29, 1.82) is 0 Å². The molecule has 3 heterocycles. The molecule has 5 rings (SSSR count). The van der Waals surface area contributed by atoms with Crippen molar-refractivity contribution < 1.29 is 37.3 Å². The number of pyridine rings is 1. The van der Waals surface area contributed by atoms with Crippen LogP contribution in [0.4, 0.5) is 35.2 Å². The summed E-state index contributed by atoms with van der Waals surface area (Å²) < 4.78 is 48.0. The number of nitrogens with zero attached hydrogens (tertiary/aromatic N) is 3. The van der Waals surface area contributed by atoms with Crippen molar-refractivity contribution >= 4 is 29.1 Å². The minimum Gasteiger partial charge on any atom is -0.457 e. The number of rotatable bonds is 6. The highest BCUT2D eigenvalue weighted by Gasteiger charge is 2.39. The first-order valence-corrected chi connectivity index (χ1v) is 11.9. The van der Waals surface area contributed by atoms with Crippen molar-refractivity contribution in [1.82, 2.24) is 4.98 Å². The number of alkyl halides is 3. The fourth-order valence-corrected chi connectivity index (χ4v) is 4.49. The molecule has 0 aliphatic carbocycles. The molecule has 2 aromatic carbocycles. The second-order valence-electron chi connectivity index (χ2n) is 8.72. The molecule has 9 nitrogen and oxygen atoms in total. The molecular weight excluding hydrogens is 505 g/mol. The SMILES string of the molecule is CCc1cc(N2C(=O)N(c3cccc(OC(F)(F)F)c3)CC2O)ccc1Oc1ccnc2c1CCC(=O)N2. The number of halogens is 3. The van der Waals surface area contributed by atoms with Crippen LogP contribution >= 0.6 is 0 Å². The van der Waals surface area contributed by atoms with Crippen LogP contribution in [0.5, 0.6) is 17.2 Å². The summed E-state index contributed by atoms with van der Waals surface area (Å²) in [5, 5.41) is 13.4. The molecule has 1 fully saturated rings. The van der Waals surface area contributed by atoms with Crippen LogP contribution in [0.1, 0.15) is 24.5 Å². The quantitative estimate of drug-likeness (QED) is 0.468. The van der Waals surface area contributed by atoms with Gasteiger partial charge in [0.15, 0.2) is 6.23 Å². The summed E-state index contributed by atoms with van der Waals surface area (Å²) in [5.74, 6) is 0.981. The third-order valence-electron chi connectivity index (χ3n) is 6.24. The van der Waals surface area contributed by atoms with Gasteiger partial charge in [-0.1, -0.05) is 13.0 Å². The maximum atomic E-state index is 13.2. The number of carbonyl (C=O) groups excluding carboxylic acids is 2. The van der Waals surface area contributed by atoms with Crippen LogP contribution in [0.3, 0.4) is 0 Å². The molecule has 38 heavy (non-hydrogen) atoms. The lowest BCUT2D eigenvalue weighted by Gasteiger charge is -2.23. The molecule has 1 atom stereocenters. The first-order valence-electron chi connectivity index (χ1n) is 11.9. The molecule has 0 bridgehead atoms. The predicted octanol–water partition coefficient (Wildman–Crippen LogP) is 4.98. The fourth-order valence-electron chi connectivity index (χ4n) is 4.49. The van der Waals surface area contributed by atoms with E-state index in [0.29, 0.717) is 42.3 Å². The van der Waals surface area contributed by atoms with E-state index in [1.807, 2.05) is 6.92 Å². The Bertz CT molecular complexity index is 1400. The molecule has 2 aliphatic rings. The number of amides is 3. The summed E-state index contributed by atoms with van der Waals surface area (Å²) in [6.07, 6.45) is -3.20. The van der Waals surface area contributed by atoms with E-state index >= 15 is 0 Å². The van der Waals surface area contributed by atoms with Gasteiger partial charge >= 0.3 is 12.4 Å². The second kappa shape index (κ2) is 9.86. The van der Waals surface area contributed by atoms with Gasteiger partial charge in [0.2, 0.25) is 5.91 Å². The molecule has 0 saturated carbocycles. The highest BCUT2D eigenvalue weighted by atomic mass is 19.4. The Morgan fingerprint density at radius 3 is 2.66 bits per heavy atom. The van der Waals surface area contributed by atoms with Crippen molar-refractivity contribution in [2.75, 3.05) is 21.7 Å². The number of benzene rings is 2. The molecule has 3 amide bonds. The number of aromatic nitrogens is 1. The summed E-state index contributed by atoms with van der Waals surface area (Å²) >= 11 is 0. The summed E-state index contributed by atoms with van der Waals surface area (Å²) in [6.45, 7) is 1.76. The van der Waals surface area contributed by atoms with E-state index in [2.05, 4.69) is 15.0 Å². The predicted molar refractivity (Wildman–Crippen MR) is 131 cm³/mol. The van der Waals surface area contributed by atoms with Gasteiger partial charge in [0, 0.05) is 35.6 Å². The van der Waals surface area contributed by atoms with Crippen LogP contribution in [0.2, 0.25) is 0 Å². The Morgan fingerprint density at radius 1 is 1.08 bits per heavy atom. The Labute approximate surface area is 215 Å². The number of anilines is 3. The van der Waals surface area contributed by atoms with Crippen molar-refractivity contribution in [2.45, 2.75) is 38.8 Å². The third-order valence-corrected chi connectivity index (χ3v) is 6.24. The van der Waals surface area contributed by atoms with Gasteiger partial charge in [-0.3, -0.25) is 14.6 Å². The number of aliphatic hydroxyl groups is 1. The lowest BCUT2D eigenvalue weighted by atomic mass is 10.1. The number of fused-ring (bicyclic) bond motifs is 1. The largest absolute Gasteiger partial charge is 0.573 e. The van der Waals surface area contributed by atoms with Crippen LogP contribution in [0, 0.1) is 0 Å². The molecular formula is C26H23F3N4O5. The molecule has 0 spiro atoms. The van der Waals surface area contributed by atoms with Gasteiger partial charge in [0.05, 0.1) is 6.54 Å². The number of hydrogen-bond acceptors (Lipinski definition) is 6. The Hall–Kier alpha value is -4.32. The van der Waals surface area contributed by atoms with E-state index in [0.717, 1.165) is 23.3 Å². The van der Waals surface area contributed by atoms with E-state index in [9.17, 15) is 27.9 Å². The first kappa shape index (κ1) is 25.3. The summed E-state index contributed by atoms with van der Waals surface area (Å²) in [6, 6.07) is 11.2. The zero-order valence-corrected chi connectivity index (χ0v) is 20.2. The molecule has 12 heteroatoms. The molecule has 2 N–H and O–H groups in total. The maximum Gasteiger partial charge on any atom is 0.573 e. The lowest BCUT2D eigenvalue weighted by Crippen LogP contribution is -2.35. The van der Waals surface area contributed by atoms with Crippen LogP contribution < -0.4 is 24.6 Å². The average Bonchev–Trinajstić information content (AvgIpc) is 3.17. The Balaban J connectivity index is 1.39. The van der Waals surface area contributed by atoms with E-state index in [1.54, 1.807) is 30.5 Å². The zero-order valence-electron chi connectivity index (χ0n) is 20.2. The maximum absolute atomic E-state index is 13.2. The minimum atomic E-state index is -4.87. The molecule has 2 aliphatic heterocycles. The van der Waals surface area contributed by atoms with Gasteiger partial charge in [0.1, 0.15) is 23.1 Å². The topological polar surface area (TPSA) is 104 Å². The number of β-amino-alcohol motifs (C(OH)–C–C–N with tert-alkyl or cyclic N) is 1. The van der Waals surface area contributed by atoms with Crippen molar-refractivity contribution in [3.8, 4) is 17.2 Å². The van der Waals surface area contributed by atoms with Gasteiger partial charge in [-0.2, -0.15) is 0 Å². The van der Waals surface area contributed by atoms with Gasteiger partial charge in [-0.25, -0.2) is 9.78 Å². The highest BCUT2D eigenvalue weighted by Crippen LogP contribution is 2.37. The number of hydrogen-bond donors (Lipinski definition) is 2. The normalized spacial score (nSPS) is 17.3. The van der Waals surface area contributed by atoms with Gasteiger partial charge in [0.25, 0.3) is 0 Å². The Kier molecular flexibility index (Phi) is 6.57. The first-order chi connectivity index (χ1) is 18.1. The number of ether oxygens (including phenoxy) is 2. The Morgan fingerprint density at radius 2 is 1.89 bits per heavy atom. The third kappa shape index (κ3) is 5.07. The number of aryl methyl sites for hydroxylation is 1. The second-order valence-corrected chi connectivity index (χ2v) is 8.72. The van der Waals surface area contributed by atoms with E-state index < -0.39 is 24.4 Å². The van der Waals surface area contributed by atoms with Gasteiger partial charge in [-0.15, -0.1) is 13.2 Å². The summed E-state index contributed by atoms with van der Waals surface area (Å²) in [4.78, 5) is 31.5. The van der Waals surface area contributed by atoms with Crippen LogP contribution in [-0.2, 0) is 17.6 Å². The lowest BCUT2D eigenvalue weighted by molar-refractivity contribution is -0.274. The van der Waals surface area contributed by atoms with E-state index in [1.165, 1.54) is 21.9 Å². The van der Waals surface area contributed by atoms with Gasteiger partial charge < -0.3 is 19.9 Å².